The highest BCUT2D eigenvalue weighted by molar-refractivity contribution is 9.10. The number of rotatable bonds is 5. The van der Waals surface area contributed by atoms with Crippen LogP contribution in [0.3, 0.4) is 0 Å². The third-order valence-electron chi connectivity index (χ3n) is 3.77. The molecule has 1 heterocycles. The molecule has 3 amide bonds. The van der Waals surface area contributed by atoms with Gasteiger partial charge in [-0.05, 0) is 75.9 Å². The first-order valence-corrected chi connectivity index (χ1v) is 10.8. The van der Waals surface area contributed by atoms with Crippen molar-refractivity contribution in [1.82, 2.24) is 4.90 Å². The maximum absolute atomic E-state index is 13.3. The molecule has 144 valence electrons. The monoisotopic (exact) mass is 480 g/mol. The van der Waals surface area contributed by atoms with Gasteiger partial charge in [-0.25, -0.2) is 4.39 Å². The summed E-state index contributed by atoms with van der Waals surface area (Å²) in [5.41, 5.74) is 1.16. The average molecular weight is 481 g/mol. The highest BCUT2D eigenvalue weighted by Crippen LogP contribution is 2.32. The molecule has 1 saturated heterocycles. The molecule has 0 aromatic heterocycles. The van der Waals surface area contributed by atoms with Crippen LogP contribution in [0, 0.1) is 5.82 Å². The number of benzene rings is 2. The van der Waals surface area contributed by atoms with E-state index in [2.05, 4.69) is 21.2 Å². The molecule has 0 bridgehead atoms. The predicted octanol–water partition coefficient (Wildman–Crippen LogP) is 4.99. The zero-order chi connectivity index (χ0) is 20.3. The minimum Gasteiger partial charge on any atom is -0.324 e. The third-order valence-corrected chi connectivity index (χ3v) is 6.01. The molecule has 0 saturated carbocycles. The molecule has 1 fully saturated rings. The van der Waals surface area contributed by atoms with Crippen molar-refractivity contribution in [2.45, 2.75) is 4.90 Å². The minimum absolute atomic E-state index is 0.181. The van der Waals surface area contributed by atoms with Gasteiger partial charge in [0.05, 0.1) is 9.38 Å². The minimum atomic E-state index is -0.552. The number of halogens is 2. The molecule has 0 aliphatic carbocycles. The van der Waals surface area contributed by atoms with E-state index in [1.807, 2.05) is 24.5 Å². The van der Waals surface area contributed by atoms with Gasteiger partial charge in [-0.1, -0.05) is 12.1 Å². The van der Waals surface area contributed by atoms with E-state index in [4.69, 9.17) is 0 Å². The van der Waals surface area contributed by atoms with Crippen molar-refractivity contribution < 1.29 is 18.8 Å². The van der Waals surface area contributed by atoms with Gasteiger partial charge >= 0.3 is 0 Å². The maximum Gasteiger partial charge on any atom is 0.294 e. The first kappa shape index (κ1) is 20.6. The molecule has 0 unspecified atom stereocenters. The van der Waals surface area contributed by atoms with E-state index in [0.29, 0.717) is 11.3 Å². The molecule has 0 atom stereocenters. The molecule has 0 spiro atoms. The van der Waals surface area contributed by atoms with Gasteiger partial charge in [0.25, 0.3) is 11.1 Å². The van der Waals surface area contributed by atoms with Gasteiger partial charge in [-0.15, -0.1) is 11.8 Å². The van der Waals surface area contributed by atoms with E-state index >= 15 is 0 Å². The Morgan fingerprint density at radius 2 is 2.07 bits per heavy atom. The first-order chi connectivity index (χ1) is 13.4. The van der Waals surface area contributed by atoms with Crippen LogP contribution < -0.4 is 5.32 Å². The Labute approximate surface area is 177 Å². The summed E-state index contributed by atoms with van der Waals surface area (Å²) in [7, 11) is 0. The van der Waals surface area contributed by atoms with E-state index in [0.717, 1.165) is 21.6 Å². The molecule has 2 aromatic rings. The molecular weight excluding hydrogens is 467 g/mol. The molecule has 1 aliphatic rings. The van der Waals surface area contributed by atoms with Crippen molar-refractivity contribution in [3.63, 3.8) is 0 Å². The Hall–Kier alpha value is -2.10. The van der Waals surface area contributed by atoms with Crippen molar-refractivity contribution in [2.75, 3.05) is 18.1 Å². The Balaban J connectivity index is 1.70. The first-order valence-electron chi connectivity index (χ1n) is 8.01. The maximum atomic E-state index is 13.3. The number of amides is 3. The van der Waals surface area contributed by atoms with Crippen molar-refractivity contribution in [2.24, 2.45) is 0 Å². The molecule has 1 aliphatic heterocycles. The number of anilines is 1. The quantitative estimate of drug-likeness (QED) is 0.482. The summed E-state index contributed by atoms with van der Waals surface area (Å²) >= 11 is 5.37. The van der Waals surface area contributed by atoms with Gasteiger partial charge in [0.15, 0.2) is 0 Å². The largest absolute Gasteiger partial charge is 0.324 e. The molecule has 1 N–H and O–H groups in total. The smallest absolute Gasteiger partial charge is 0.294 e. The Morgan fingerprint density at radius 3 is 2.79 bits per heavy atom. The molecular formula is C19H14BrFN2O3S2. The zero-order valence-electron chi connectivity index (χ0n) is 14.6. The second-order valence-corrected chi connectivity index (χ2v) is 8.45. The summed E-state index contributed by atoms with van der Waals surface area (Å²) in [4.78, 5) is 39.0. The van der Waals surface area contributed by atoms with E-state index in [1.54, 1.807) is 6.07 Å². The van der Waals surface area contributed by atoms with E-state index in [9.17, 15) is 18.8 Å². The van der Waals surface area contributed by atoms with Crippen LogP contribution in [0.15, 0.2) is 56.7 Å². The highest BCUT2D eigenvalue weighted by Gasteiger charge is 2.36. The Morgan fingerprint density at radius 1 is 1.29 bits per heavy atom. The van der Waals surface area contributed by atoms with Gasteiger partial charge < -0.3 is 5.32 Å². The lowest BCUT2D eigenvalue weighted by molar-refractivity contribution is -0.127. The fourth-order valence-electron chi connectivity index (χ4n) is 2.43. The van der Waals surface area contributed by atoms with Crippen molar-refractivity contribution in [3.05, 3.63) is 63.2 Å². The SMILES string of the molecule is CSc1cccc(NC(=O)CN2C(=O)S/C(=C/c3ccc(F)c(Br)c3)C2=O)c1. The summed E-state index contributed by atoms with van der Waals surface area (Å²) in [6.45, 7) is -0.376. The van der Waals surface area contributed by atoms with Crippen LogP contribution in [-0.2, 0) is 9.59 Å². The lowest BCUT2D eigenvalue weighted by Crippen LogP contribution is -2.36. The van der Waals surface area contributed by atoms with Gasteiger partial charge in [0.1, 0.15) is 12.4 Å². The van der Waals surface area contributed by atoms with E-state index < -0.39 is 22.9 Å². The topological polar surface area (TPSA) is 66.5 Å². The standard InChI is InChI=1S/C19H14BrFN2O3S2/c1-27-13-4-2-3-12(9-13)22-17(24)10-23-18(25)16(28-19(23)26)8-11-5-6-15(21)14(20)7-11/h2-9H,10H2,1H3,(H,22,24)/b16-8+. The second kappa shape index (κ2) is 8.93. The summed E-state index contributed by atoms with van der Waals surface area (Å²) in [6, 6.07) is 11.5. The Bertz CT molecular complexity index is 997. The van der Waals surface area contributed by atoms with Crippen LogP contribution in [0.2, 0.25) is 0 Å². The fourth-order valence-corrected chi connectivity index (χ4v) is 4.13. The number of carbonyl (C=O) groups excluding carboxylic acids is 3. The van der Waals surface area contributed by atoms with Crippen LogP contribution in [-0.4, -0.2) is 34.8 Å². The molecule has 9 heteroatoms. The second-order valence-electron chi connectivity index (χ2n) is 5.72. The average Bonchev–Trinajstić information content (AvgIpc) is 2.92. The van der Waals surface area contributed by atoms with Crippen LogP contribution >= 0.6 is 39.5 Å². The van der Waals surface area contributed by atoms with E-state index in [1.165, 1.54) is 36.0 Å². The lowest BCUT2D eigenvalue weighted by atomic mass is 10.2. The number of nitrogens with one attached hydrogen (secondary N) is 1. The molecule has 0 radical (unpaired) electrons. The normalized spacial score (nSPS) is 15.4. The number of nitrogens with zero attached hydrogens (tertiary/aromatic N) is 1. The molecule has 2 aromatic carbocycles. The van der Waals surface area contributed by atoms with Gasteiger partial charge in [0.2, 0.25) is 5.91 Å². The summed E-state index contributed by atoms with van der Waals surface area (Å²) in [5, 5.41) is 2.17. The fraction of sp³-hybridized carbons (Fsp3) is 0.105. The molecule has 5 nitrogen and oxygen atoms in total. The number of thioether (sulfide) groups is 2. The molecule has 28 heavy (non-hydrogen) atoms. The predicted molar refractivity (Wildman–Crippen MR) is 114 cm³/mol. The lowest BCUT2D eigenvalue weighted by Gasteiger charge is -2.12. The van der Waals surface area contributed by atoms with Gasteiger partial charge in [-0.3, -0.25) is 19.3 Å². The number of hydrogen-bond acceptors (Lipinski definition) is 5. The summed E-state index contributed by atoms with van der Waals surface area (Å²) in [6.07, 6.45) is 3.42. The van der Waals surface area contributed by atoms with Gasteiger partial charge in [0, 0.05) is 10.6 Å². The van der Waals surface area contributed by atoms with Crippen LogP contribution in [0.5, 0.6) is 0 Å². The third kappa shape index (κ3) is 4.84. The van der Waals surface area contributed by atoms with Crippen molar-refractivity contribution in [1.29, 1.82) is 0 Å². The highest BCUT2D eigenvalue weighted by atomic mass is 79.9. The number of imide groups is 1. The summed E-state index contributed by atoms with van der Waals surface area (Å²) < 4.78 is 13.6. The van der Waals surface area contributed by atoms with Crippen LogP contribution in [0.25, 0.3) is 6.08 Å². The van der Waals surface area contributed by atoms with Gasteiger partial charge in [-0.2, -0.15) is 0 Å². The van der Waals surface area contributed by atoms with E-state index in [-0.39, 0.29) is 15.9 Å². The van der Waals surface area contributed by atoms with Crippen molar-refractivity contribution >= 4 is 68.3 Å². The number of carbonyl (C=O) groups is 3. The summed E-state index contributed by atoms with van der Waals surface area (Å²) in [5.74, 6) is -1.44. The van der Waals surface area contributed by atoms with Crippen molar-refractivity contribution in [3.8, 4) is 0 Å². The van der Waals surface area contributed by atoms with Crippen LogP contribution in [0.4, 0.5) is 14.9 Å². The number of hydrogen-bond donors (Lipinski definition) is 1. The molecule has 3 rings (SSSR count). The van der Waals surface area contributed by atoms with Crippen LogP contribution in [0.1, 0.15) is 5.56 Å². The zero-order valence-corrected chi connectivity index (χ0v) is 17.8. The Kier molecular flexibility index (Phi) is 6.58.